The Morgan fingerprint density at radius 3 is 2.61 bits per heavy atom. The lowest BCUT2D eigenvalue weighted by atomic mass is 9.97. The van der Waals surface area contributed by atoms with E-state index >= 15 is 0 Å². The highest BCUT2D eigenvalue weighted by Gasteiger charge is 2.30. The Kier molecular flexibility index (Phi) is 3.38. The first-order valence-electron chi connectivity index (χ1n) is 8.06. The zero-order valence-electron chi connectivity index (χ0n) is 13.1. The second kappa shape index (κ2) is 5.54. The molecule has 0 spiro atoms. The van der Waals surface area contributed by atoms with E-state index in [1.807, 2.05) is 42.5 Å². The van der Waals surface area contributed by atoms with Crippen molar-refractivity contribution in [2.75, 3.05) is 0 Å². The molecule has 1 aliphatic heterocycles. The molecule has 0 N–H and O–H groups in total. The highest BCUT2D eigenvalue weighted by atomic mass is 16.5. The van der Waals surface area contributed by atoms with Crippen LogP contribution in [0.25, 0.3) is 10.8 Å². The smallest absolute Gasteiger partial charge is 0.203 e. The monoisotopic (exact) mass is 302 g/mol. The molecular formula is C21H18O2. The second-order valence-corrected chi connectivity index (χ2v) is 5.99. The Morgan fingerprint density at radius 2 is 1.83 bits per heavy atom. The van der Waals surface area contributed by atoms with Crippen molar-refractivity contribution in [1.82, 2.24) is 0 Å². The van der Waals surface area contributed by atoms with Crippen molar-refractivity contribution in [3.63, 3.8) is 0 Å². The van der Waals surface area contributed by atoms with E-state index in [2.05, 4.69) is 25.1 Å². The van der Waals surface area contributed by atoms with Crippen molar-refractivity contribution in [2.24, 2.45) is 0 Å². The van der Waals surface area contributed by atoms with E-state index < -0.39 is 6.10 Å². The number of ether oxygens (including phenoxy) is 1. The van der Waals surface area contributed by atoms with Gasteiger partial charge in [0.25, 0.3) is 0 Å². The molecule has 0 saturated carbocycles. The van der Waals surface area contributed by atoms with Crippen molar-refractivity contribution in [3.8, 4) is 5.75 Å². The average molecular weight is 302 g/mol. The number of aryl methyl sites for hydroxylation is 1. The van der Waals surface area contributed by atoms with E-state index in [0.717, 1.165) is 23.3 Å². The summed E-state index contributed by atoms with van der Waals surface area (Å²) >= 11 is 0. The summed E-state index contributed by atoms with van der Waals surface area (Å²) in [6, 6.07) is 20.1. The van der Waals surface area contributed by atoms with E-state index in [1.165, 1.54) is 16.3 Å². The number of fused-ring (bicyclic) bond motifs is 3. The van der Waals surface area contributed by atoms with Crippen LogP contribution in [0.2, 0.25) is 0 Å². The number of Topliss-reactive ketones (excluding diaryl/α,β-unsaturated/α-hetero) is 1. The van der Waals surface area contributed by atoms with Gasteiger partial charge in [-0.3, -0.25) is 4.79 Å². The lowest BCUT2D eigenvalue weighted by Crippen LogP contribution is -2.25. The van der Waals surface area contributed by atoms with E-state index in [-0.39, 0.29) is 5.78 Å². The molecule has 1 unspecified atom stereocenters. The van der Waals surface area contributed by atoms with Gasteiger partial charge in [-0.15, -0.1) is 0 Å². The highest BCUT2D eigenvalue weighted by Crippen LogP contribution is 2.35. The van der Waals surface area contributed by atoms with Gasteiger partial charge < -0.3 is 4.74 Å². The predicted molar refractivity (Wildman–Crippen MR) is 92.2 cm³/mol. The van der Waals surface area contributed by atoms with Gasteiger partial charge in [0.1, 0.15) is 5.75 Å². The van der Waals surface area contributed by atoms with Gasteiger partial charge in [-0.1, -0.05) is 61.5 Å². The number of hydrogen-bond donors (Lipinski definition) is 0. The molecule has 0 aliphatic carbocycles. The van der Waals surface area contributed by atoms with Crippen LogP contribution in [0.4, 0.5) is 0 Å². The van der Waals surface area contributed by atoms with Crippen LogP contribution in [-0.2, 0) is 12.8 Å². The number of carbonyl (C=O) groups is 1. The topological polar surface area (TPSA) is 26.3 Å². The quantitative estimate of drug-likeness (QED) is 0.662. The van der Waals surface area contributed by atoms with Crippen LogP contribution in [-0.4, -0.2) is 11.9 Å². The number of carbonyl (C=O) groups excluding carboxylic acids is 1. The van der Waals surface area contributed by atoms with Gasteiger partial charge >= 0.3 is 0 Å². The van der Waals surface area contributed by atoms with Crippen LogP contribution in [0.5, 0.6) is 5.75 Å². The molecule has 3 aromatic rings. The van der Waals surface area contributed by atoms with Gasteiger partial charge in [-0.25, -0.2) is 0 Å². The molecule has 0 aromatic heterocycles. The summed E-state index contributed by atoms with van der Waals surface area (Å²) in [5.41, 5.74) is 3.11. The minimum atomic E-state index is -0.414. The summed E-state index contributed by atoms with van der Waals surface area (Å²) in [4.78, 5) is 12.7. The molecule has 0 amide bonds. The molecule has 1 aliphatic rings. The van der Waals surface area contributed by atoms with Gasteiger partial charge in [-0.2, -0.15) is 0 Å². The lowest BCUT2D eigenvalue weighted by molar-refractivity contribution is 0.0825. The van der Waals surface area contributed by atoms with Crippen molar-refractivity contribution < 1.29 is 9.53 Å². The van der Waals surface area contributed by atoms with Crippen LogP contribution in [0.15, 0.2) is 60.7 Å². The summed E-state index contributed by atoms with van der Waals surface area (Å²) in [5, 5.41) is 2.37. The first-order valence-corrected chi connectivity index (χ1v) is 8.06. The normalized spacial score (nSPS) is 16.1. The fraction of sp³-hybridized carbons (Fsp3) is 0.190. The molecule has 1 atom stereocenters. The molecular weight excluding hydrogens is 284 g/mol. The zero-order chi connectivity index (χ0) is 15.8. The minimum absolute atomic E-state index is 0.0629. The van der Waals surface area contributed by atoms with E-state index in [1.54, 1.807) is 0 Å². The average Bonchev–Trinajstić information content (AvgIpc) is 3.06. The summed E-state index contributed by atoms with van der Waals surface area (Å²) in [6.45, 7) is 2.11. The Hall–Kier alpha value is -2.61. The molecule has 0 radical (unpaired) electrons. The van der Waals surface area contributed by atoms with Crippen LogP contribution in [0.3, 0.4) is 0 Å². The predicted octanol–water partition coefficient (Wildman–Crippen LogP) is 4.59. The van der Waals surface area contributed by atoms with Gasteiger partial charge in [0.15, 0.2) is 6.10 Å². The third kappa shape index (κ3) is 2.40. The maximum Gasteiger partial charge on any atom is 0.203 e. The van der Waals surface area contributed by atoms with Gasteiger partial charge in [-0.05, 0) is 28.8 Å². The maximum absolute atomic E-state index is 12.7. The van der Waals surface area contributed by atoms with Crippen LogP contribution in [0, 0.1) is 0 Å². The molecule has 2 nitrogen and oxygen atoms in total. The number of ketones is 1. The van der Waals surface area contributed by atoms with Crippen molar-refractivity contribution >= 4 is 16.6 Å². The Morgan fingerprint density at radius 1 is 1.04 bits per heavy atom. The largest absolute Gasteiger partial charge is 0.482 e. The number of rotatable bonds is 3. The second-order valence-electron chi connectivity index (χ2n) is 5.99. The maximum atomic E-state index is 12.7. The molecule has 23 heavy (non-hydrogen) atoms. The number of benzene rings is 3. The number of hydrogen-bond acceptors (Lipinski definition) is 2. The third-order valence-corrected chi connectivity index (χ3v) is 4.60. The molecule has 114 valence electrons. The minimum Gasteiger partial charge on any atom is -0.482 e. The first kappa shape index (κ1) is 14.0. The highest BCUT2D eigenvalue weighted by molar-refractivity contribution is 6.01. The first-order chi connectivity index (χ1) is 11.3. The van der Waals surface area contributed by atoms with Gasteiger partial charge in [0.2, 0.25) is 5.78 Å². The van der Waals surface area contributed by atoms with Crippen molar-refractivity contribution in [1.29, 1.82) is 0 Å². The fourth-order valence-corrected chi connectivity index (χ4v) is 3.25. The van der Waals surface area contributed by atoms with Crippen molar-refractivity contribution in [2.45, 2.75) is 25.9 Å². The molecule has 0 fully saturated rings. The summed E-state index contributed by atoms with van der Waals surface area (Å²) in [5.74, 6) is 0.903. The Balaban J connectivity index is 1.64. The SMILES string of the molecule is CCc1ccc(C(=O)C2Cc3c(ccc4ccccc34)O2)cc1. The Bertz CT molecular complexity index is 878. The molecule has 0 bridgehead atoms. The molecule has 2 heteroatoms. The van der Waals surface area contributed by atoms with E-state index in [4.69, 9.17) is 4.74 Å². The summed E-state index contributed by atoms with van der Waals surface area (Å²) < 4.78 is 5.94. The summed E-state index contributed by atoms with van der Waals surface area (Å²) in [6.07, 6.45) is 1.21. The molecule has 1 heterocycles. The molecule has 0 saturated heterocycles. The van der Waals surface area contributed by atoms with Crippen LogP contribution < -0.4 is 4.74 Å². The Labute approximate surface area is 135 Å². The standard InChI is InChI=1S/C21H18O2/c1-2-14-7-9-16(10-8-14)21(22)20-13-18-17-6-4-3-5-15(17)11-12-19(18)23-20/h3-12,20H,2,13H2,1H3. The van der Waals surface area contributed by atoms with Gasteiger partial charge in [0, 0.05) is 17.5 Å². The molecule has 4 rings (SSSR count). The van der Waals surface area contributed by atoms with Crippen LogP contribution in [0.1, 0.15) is 28.4 Å². The molecule has 3 aromatic carbocycles. The van der Waals surface area contributed by atoms with E-state index in [0.29, 0.717) is 6.42 Å². The van der Waals surface area contributed by atoms with Crippen molar-refractivity contribution in [3.05, 3.63) is 77.4 Å². The van der Waals surface area contributed by atoms with E-state index in [9.17, 15) is 4.79 Å². The third-order valence-electron chi connectivity index (χ3n) is 4.60. The lowest BCUT2D eigenvalue weighted by Gasteiger charge is -2.09. The van der Waals surface area contributed by atoms with Crippen LogP contribution >= 0.6 is 0 Å². The van der Waals surface area contributed by atoms with Gasteiger partial charge in [0.05, 0.1) is 0 Å². The zero-order valence-corrected chi connectivity index (χ0v) is 13.1. The summed E-state index contributed by atoms with van der Waals surface area (Å²) in [7, 11) is 0. The fourth-order valence-electron chi connectivity index (χ4n) is 3.25.